The Kier molecular flexibility index (Phi) is 5.75. The quantitative estimate of drug-likeness (QED) is 0.496. The number of nitrogens with zero attached hydrogens (tertiary/aromatic N) is 2. The Morgan fingerprint density at radius 2 is 1.33 bits per heavy atom. The van der Waals surface area contributed by atoms with Crippen LogP contribution < -0.4 is 5.32 Å². The number of amides is 1. The van der Waals surface area contributed by atoms with Crippen molar-refractivity contribution in [3.05, 3.63) is 119 Å². The molecule has 1 amide bonds. The zero-order valence-electron chi connectivity index (χ0n) is 17.2. The molecule has 0 aliphatic carbocycles. The van der Waals surface area contributed by atoms with Crippen LogP contribution in [-0.2, 0) is 0 Å². The predicted octanol–water partition coefficient (Wildman–Crippen LogP) is 5.05. The van der Waals surface area contributed by atoms with Gasteiger partial charge in [0.25, 0.3) is 5.91 Å². The Bertz CT molecular complexity index is 1080. The summed E-state index contributed by atoms with van der Waals surface area (Å²) in [6.07, 6.45) is 0. The van der Waals surface area contributed by atoms with Gasteiger partial charge in [0.15, 0.2) is 0 Å². The summed E-state index contributed by atoms with van der Waals surface area (Å²) in [7, 11) is 0. The predicted molar refractivity (Wildman–Crippen MR) is 120 cm³/mol. The Morgan fingerprint density at radius 1 is 0.833 bits per heavy atom. The van der Waals surface area contributed by atoms with E-state index in [9.17, 15) is 4.79 Å². The molecule has 1 N–H and O–H groups in total. The fraction of sp³-hybridized carbons (Fsp3) is 0.154. The number of hydrogen-bond acceptors (Lipinski definition) is 2. The third-order valence-electron chi connectivity index (χ3n) is 5.38. The fourth-order valence-corrected chi connectivity index (χ4v) is 3.89. The molecule has 0 unspecified atom stereocenters. The SMILES string of the molecule is Cc1nc(C(=O)NCC(c2ccccc2)c2ccccc2)c(C)n1-c1ccccc1. The average Bonchev–Trinajstić information content (AvgIpc) is 3.10. The first-order valence-corrected chi connectivity index (χ1v) is 10.1. The van der Waals surface area contributed by atoms with E-state index < -0.39 is 0 Å². The third-order valence-corrected chi connectivity index (χ3v) is 5.38. The number of imidazole rings is 1. The van der Waals surface area contributed by atoms with E-state index in [0.717, 1.165) is 17.2 Å². The highest BCUT2D eigenvalue weighted by Crippen LogP contribution is 2.24. The van der Waals surface area contributed by atoms with Crippen LogP contribution in [0.4, 0.5) is 0 Å². The van der Waals surface area contributed by atoms with Gasteiger partial charge in [0, 0.05) is 18.2 Å². The number of aryl methyl sites for hydroxylation is 1. The summed E-state index contributed by atoms with van der Waals surface area (Å²) in [5.41, 5.74) is 4.66. The van der Waals surface area contributed by atoms with E-state index in [1.54, 1.807) is 0 Å². The van der Waals surface area contributed by atoms with Crippen molar-refractivity contribution in [2.75, 3.05) is 6.54 Å². The van der Waals surface area contributed by atoms with Crippen LogP contribution in [0.2, 0.25) is 0 Å². The van der Waals surface area contributed by atoms with Gasteiger partial charge in [-0.15, -0.1) is 0 Å². The molecule has 0 bridgehead atoms. The van der Waals surface area contributed by atoms with E-state index in [-0.39, 0.29) is 11.8 Å². The number of hydrogen-bond donors (Lipinski definition) is 1. The molecule has 0 aliphatic heterocycles. The minimum atomic E-state index is -0.151. The number of nitrogens with one attached hydrogen (secondary N) is 1. The van der Waals surface area contributed by atoms with Crippen LogP contribution in [0, 0.1) is 13.8 Å². The second kappa shape index (κ2) is 8.78. The van der Waals surface area contributed by atoms with Crippen LogP contribution in [0.25, 0.3) is 5.69 Å². The van der Waals surface area contributed by atoms with Crippen LogP contribution >= 0.6 is 0 Å². The number of aromatic nitrogens is 2. The van der Waals surface area contributed by atoms with Crippen LogP contribution in [-0.4, -0.2) is 22.0 Å². The summed E-state index contributed by atoms with van der Waals surface area (Å²) in [5, 5.41) is 3.11. The van der Waals surface area contributed by atoms with Gasteiger partial charge >= 0.3 is 0 Å². The maximum Gasteiger partial charge on any atom is 0.271 e. The molecule has 30 heavy (non-hydrogen) atoms. The Balaban J connectivity index is 1.58. The maximum atomic E-state index is 13.0. The molecular formula is C26H25N3O. The summed E-state index contributed by atoms with van der Waals surface area (Å²) in [6, 6.07) is 30.5. The smallest absolute Gasteiger partial charge is 0.271 e. The minimum absolute atomic E-state index is 0.0777. The molecule has 4 heteroatoms. The number of carbonyl (C=O) groups excluding carboxylic acids is 1. The number of para-hydroxylation sites is 1. The molecule has 3 aromatic carbocycles. The summed E-state index contributed by atoms with van der Waals surface area (Å²) in [5.74, 6) is 0.725. The topological polar surface area (TPSA) is 46.9 Å². The molecule has 1 heterocycles. The van der Waals surface area contributed by atoms with Gasteiger partial charge < -0.3 is 9.88 Å². The minimum Gasteiger partial charge on any atom is -0.350 e. The number of carbonyl (C=O) groups is 1. The lowest BCUT2D eigenvalue weighted by molar-refractivity contribution is 0.0947. The fourth-order valence-electron chi connectivity index (χ4n) is 3.89. The average molecular weight is 396 g/mol. The van der Waals surface area contributed by atoms with E-state index in [1.165, 1.54) is 11.1 Å². The van der Waals surface area contributed by atoms with Crippen LogP contribution in [0.15, 0.2) is 91.0 Å². The van der Waals surface area contributed by atoms with Gasteiger partial charge in [0.2, 0.25) is 0 Å². The van der Waals surface area contributed by atoms with Gasteiger partial charge in [-0.05, 0) is 37.1 Å². The summed E-state index contributed by atoms with van der Waals surface area (Å²) in [6.45, 7) is 4.37. The summed E-state index contributed by atoms with van der Waals surface area (Å²) >= 11 is 0. The molecule has 4 aromatic rings. The van der Waals surface area contributed by atoms with Crippen molar-refractivity contribution >= 4 is 5.91 Å². The van der Waals surface area contributed by atoms with Crippen molar-refractivity contribution in [3.63, 3.8) is 0 Å². The van der Waals surface area contributed by atoms with Crippen molar-refractivity contribution in [3.8, 4) is 5.69 Å². The Morgan fingerprint density at radius 3 is 1.87 bits per heavy atom. The first-order valence-electron chi connectivity index (χ1n) is 10.1. The van der Waals surface area contributed by atoms with E-state index in [4.69, 9.17) is 0 Å². The summed E-state index contributed by atoms with van der Waals surface area (Å²) in [4.78, 5) is 17.6. The lowest BCUT2D eigenvalue weighted by atomic mass is 9.91. The highest BCUT2D eigenvalue weighted by atomic mass is 16.1. The largest absolute Gasteiger partial charge is 0.350 e. The molecule has 0 fully saturated rings. The zero-order chi connectivity index (χ0) is 20.9. The molecule has 0 atom stereocenters. The second-order valence-electron chi connectivity index (χ2n) is 7.35. The third kappa shape index (κ3) is 4.03. The van der Waals surface area contributed by atoms with Gasteiger partial charge in [-0.3, -0.25) is 4.79 Å². The molecule has 0 saturated heterocycles. The molecule has 1 aromatic heterocycles. The van der Waals surface area contributed by atoms with Crippen molar-refractivity contribution in [1.29, 1.82) is 0 Å². The molecule has 0 radical (unpaired) electrons. The van der Waals surface area contributed by atoms with E-state index >= 15 is 0 Å². The van der Waals surface area contributed by atoms with E-state index in [0.29, 0.717) is 12.2 Å². The van der Waals surface area contributed by atoms with Crippen LogP contribution in [0.3, 0.4) is 0 Å². The van der Waals surface area contributed by atoms with Gasteiger partial charge in [-0.1, -0.05) is 78.9 Å². The van der Waals surface area contributed by atoms with Crippen molar-refractivity contribution < 1.29 is 4.79 Å². The Labute approximate surface area is 177 Å². The first kappa shape index (κ1) is 19.6. The highest BCUT2D eigenvalue weighted by Gasteiger charge is 2.21. The molecule has 4 nitrogen and oxygen atoms in total. The second-order valence-corrected chi connectivity index (χ2v) is 7.35. The number of rotatable bonds is 6. The highest BCUT2D eigenvalue weighted by molar-refractivity contribution is 5.93. The molecule has 0 spiro atoms. The standard InChI is InChI=1S/C26H25N3O/c1-19-25(28-20(2)29(19)23-16-10-5-11-17-23)26(30)27-18-24(21-12-6-3-7-13-21)22-14-8-4-9-15-22/h3-17,24H,18H2,1-2H3,(H,27,30). The van der Waals surface area contributed by atoms with Gasteiger partial charge in [-0.2, -0.15) is 0 Å². The van der Waals surface area contributed by atoms with Gasteiger partial charge in [0.1, 0.15) is 11.5 Å². The normalized spacial score (nSPS) is 10.9. The Hall–Kier alpha value is -3.66. The molecule has 0 aliphatic rings. The molecule has 4 rings (SSSR count). The van der Waals surface area contributed by atoms with Crippen molar-refractivity contribution in [2.45, 2.75) is 19.8 Å². The van der Waals surface area contributed by atoms with Crippen LogP contribution in [0.1, 0.15) is 39.1 Å². The monoisotopic (exact) mass is 395 g/mol. The van der Waals surface area contributed by atoms with E-state index in [1.807, 2.05) is 85.1 Å². The molecule has 0 saturated carbocycles. The lowest BCUT2D eigenvalue weighted by Crippen LogP contribution is -2.29. The van der Waals surface area contributed by atoms with Crippen molar-refractivity contribution in [2.24, 2.45) is 0 Å². The first-order chi connectivity index (χ1) is 14.6. The molecular weight excluding hydrogens is 370 g/mol. The summed E-state index contributed by atoms with van der Waals surface area (Å²) < 4.78 is 2.01. The van der Waals surface area contributed by atoms with Gasteiger partial charge in [-0.25, -0.2) is 4.98 Å². The van der Waals surface area contributed by atoms with Gasteiger partial charge in [0.05, 0.1) is 5.69 Å². The van der Waals surface area contributed by atoms with Crippen molar-refractivity contribution in [1.82, 2.24) is 14.9 Å². The lowest BCUT2D eigenvalue weighted by Gasteiger charge is -2.18. The zero-order valence-corrected chi connectivity index (χ0v) is 17.2. The van der Waals surface area contributed by atoms with Crippen LogP contribution in [0.5, 0.6) is 0 Å². The maximum absolute atomic E-state index is 13.0. The molecule has 150 valence electrons. The van der Waals surface area contributed by atoms with E-state index in [2.05, 4.69) is 34.6 Å². The number of benzene rings is 3.